The van der Waals surface area contributed by atoms with Gasteiger partial charge in [0.2, 0.25) is 0 Å². The molecule has 2 N–H and O–H groups in total. The van der Waals surface area contributed by atoms with Gasteiger partial charge in [-0.15, -0.1) is 0 Å². The monoisotopic (exact) mass is 236 g/mol. The van der Waals surface area contributed by atoms with E-state index >= 15 is 0 Å². The van der Waals surface area contributed by atoms with E-state index in [1.165, 1.54) is 0 Å². The first kappa shape index (κ1) is 11.7. The zero-order chi connectivity index (χ0) is 12.3. The maximum Gasteiger partial charge on any atom is 0.171 e. The van der Waals surface area contributed by atoms with Gasteiger partial charge in [0, 0.05) is 11.5 Å². The second-order valence-corrected chi connectivity index (χ2v) is 3.72. The fraction of sp³-hybridized carbons (Fsp3) is 0.417. The standard InChI is InChI=1S/C12H16N2O3/c1-15-11-6-8-9(4-3-5-13)14-17-10(8)7-12(11)16-2/h6-7H,3-5,13H2,1-2H3. The Morgan fingerprint density at radius 2 is 1.94 bits per heavy atom. The predicted molar refractivity (Wildman–Crippen MR) is 64.5 cm³/mol. The van der Waals surface area contributed by atoms with Crippen molar-refractivity contribution in [2.24, 2.45) is 5.73 Å². The lowest BCUT2D eigenvalue weighted by atomic mass is 10.1. The van der Waals surface area contributed by atoms with Crippen molar-refractivity contribution >= 4 is 11.0 Å². The smallest absolute Gasteiger partial charge is 0.171 e. The van der Waals surface area contributed by atoms with Crippen LogP contribution in [0.1, 0.15) is 12.1 Å². The molecule has 0 aliphatic carbocycles. The van der Waals surface area contributed by atoms with Crippen LogP contribution >= 0.6 is 0 Å². The average Bonchev–Trinajstić information content (AvgIpc) is 2.76. The van der Waals surface area contributed by atoms with E-state index in [-0.39, 0.29) is 0 Å². The maximum atomic E-state index is 5.49. The molecule has 0 bridgehead atoms. The third-order valence-corrected chi connectivity index (χ3v) is 2.67. The van der Waals surface area contributed by atoms with E-state index in [4.69, 9.17) is 19.7 Å². The van der Waals surface area contributed by atoms with Gasteiger partial charge in [-0.05, 0) is 25.5 Å². The number of benzene rings is 1. The van der Waals surface area contributed by atoms with E-state index in [0.717, 1.165) is 23.9 Å². The maximum absolute atomic E-state index is 5.49. The van der Waals surface area contributed by atoms with E-state index in [0.29, 0.717) is 23.6 Å². The van der Waals surface area contributed by atoms with Gasteiger partial charge in [-0.2, -0.15) is 0 Å². The molecule has 0 spiro atoms. The van der Waals surface area contributed by atoms with Gasteiger partial charge < -0.3 is 19.7 Å². The molecule has 0 saturated carbocycles. The Balaban J connectivity index is 2.45. The molecular formula is C12H16N2O3. The van der Waals surface area contributed by atoms with Crippen LogP contribution in [0, 0.1) is 0 Å². The molecular weight excluding hydrogens is 220 g/mol. The molecule has 0 aliphatic heterocycles. The Morgan fingerprint density at radius 3 is 2.59 bits per heavy atom. The second kappa shape index (κ2) is 5.05. The van der Waals surface area contributed by atoms with E-state index in [2.05, 4.69) is 5.16 Å². The fourth-order valence-electron chi connectivity index (χ4n) is 1.76. The molecule has 2 rings (SSSR count). The minimum Gasteiger partial charge on any atom is -0.493 e. The summed E-state index contributed by atoms with van der Waals surface area (Å²) in [5.74, 6) is 1.32. The first-order chi connectivity index (χ1) is 8.30. The third kappa shape index (κ3) is 2.19. The Bertz CT molecular complexity index is 508. The van der Waals surface area contributed by atoms with Crippen LogP contribution in [0.15, 0.2) is 16.7 Å². The fourth-order valence-corrected chi connectivity index (χ4v) is 1.76. The summed E-state index contributed by atoms with van der Waals surface area (Å²) in [5.41, 5.74) is 7.10. The summed E-state index contributed by atoms with van der Waals surface area (Å²) in [4.78, 5) is 0. The number of hydrogen-bond acceptors (Lipinski definition) is 5. The zero-order valence-corrected chi connectivity index (χ0v) is 10.0. The molecule has 1 aromatic heterocycles. The van der Waals surface area contributed by atoms with Crippen LogP contribution in [-0.4, -0.2) is 25.9 Å². The van der Waals surface area contributed by atoms with E-state index in [1.54, 1.807) is 20.3 Å². The lowest BCUT2D eigenvalue weighted by Gasteiger charge is -2.06. The molecule has 1 heterocycles. The number of ether oxygens (including phenoxy) is 2. The lowest BCUT2D eigenvalue weighted by molar-refractivity contribution is 0.354. The first-order valence-corrected chi connectivity index (χ1v) is 5.50. The minimum atomic E-state index is 0.640. The molecule has 92 valence electrons. The van der Waals surface area contributed by atoms with Crippen LogP contribution in [0.2, 0.25) is 0 Å². The van der Waals surface area contributed by atoms with E-state index < -0.39 is 0 Å². The lowest BCUT2D eigenvalue weighted by Crippen LogP contribution is -2.00. The normalized spacial score (nSPS) is 10.8. The summed E-state index contributed by atoms with van der Waals surface area (Å²) in [6.07, 6.45) is 1.69. The molecule has 5 heteroatoms. The van der Waals surface area contributed by atoms with Gasteiger partial charge in [0.05, 0.1) is 19.9 Å². The van der Waals surface area contributed by atoms with Gasteiger partial charge in [-0.3, -0.25) is 0 Å². The summed E-state index contributed by atoms with van der Waals surface area (Å²) in [7, 11) is 3.20. The van der Waals surface area contributed by atoms with Crippen LogP contribution < -0.4 is 15.2 Å². The van der Waals surface area contributed by atoms with Gasteiger partial charge in [0.15, 0.2) is 17.1 Å². The quantitative estimate of drug-likeness (QED) is 0.856. The molecule has 0 unspecified atom stereocenters. The number of fused-ring (bicyclic) bond motifs is 1. The van der Waals surface area contributed by atoms with Crippen molar-refractivity contribution < 1.29 is 14.0 Å². The third-order valence-electron chi connectivity index (χ3n) is 2.67. The van der Waals surface area contributed by atoms with Crippen molar-refractivity contribution in [3.05, 3.63) is 17.8 Å². The van der Waals surface area contributed by atoms with Crippen molar-refractivity contribution in [2.45, 2.75) is 12.8 Å². The van der Waals surface area contributed by atoms with Gasteiger partial charge in [0.25, 0.3) is 0 Å². The molecule has 2 aromatic rings. The van der Waals surface area contributed by atoms with Crippen molar-refractivity contribution in [1.29, 1.82) is 0 Å². The Hall–Kier alpha value is -1.75. The van der Waals surface area contributed by atoms with Crippen molar-refractivity contribution in [1.82, 2.24) is 5.16 Å². The van der Waals surface area contributed by atoms with E-state index in [9.17, 15) is 0 Å². The van der Waals surface area contributed by atoms with Crippen molar-refractivity contribution in [3.63, 3.8) is 0 Å². The van der Waals surface area contributed by atoms with Gasteiger partial charge in [-0.25, -0.2) is 0 Å². The summed E-state index contributed by atoms with van der Waals surface area (Å²) in [6.45, 7) is 0.641. The van der Waals surface area contributed by atoms with Crippen LogP contribution in [0.25, 0.3) is 11.0 Å². The Kier molecular flexibility index (Phi) is 3.49. The van der Waals surface area contributed by atoms with Crippen LogP contribution in [0.3, 0.4) is 0 Å². The number of aryl methyl sites for hydroxylation is 1. The van der Waals surface area contributed by atoms with Crippen LogP contribution in [0.4, 0.5) is 0 Å². The number of rotatable bonds is 5. The Morgan fingerprint density at radius 1 is 1.24 bits per heavy atom. The largest absolute Gasteiger partial charge is 0.493 e. The van der Waals surface area contributed by atoms with E-state index in [1.807, 2.05) is 6.07 Å². The summed E-state index contributed by atoms with van der Waals surface area (Å²) < 4.78 is 15.7. The van der Waals surface area contributed by atoms with Crippen molar-refractivity contribution in [2.75, 3.05) is 20.8 Å². The van der Waals surface area contributed by atoms with Gasteiger partial charge in [0.1, 0.15) is 0 Å². The molecule has 0 atom stereocenters. The molecule has 0 amide bonds. The highest BCUT2D eigenvalue weighted by Gasteiger charge is 2.13. The highest BCUT2D eigenvalue weighted by molar-refractivity contribution is 5.83. The molecule has 17 heavy (non-hydrogen) atoms. The molecule has 5 nitrogen and oxygen atoms in total. The molecule has 0 saturated heterocycles. The molecule has 0 aliphatic rings. The Labute approximate surface area is 99.5 Å². The first-order valence-electron chi connectivity index (χ1n) is 5.50. The molecule has 0 radical (unpaired) electrons. The summed E-state index contributed by atoms with van der Waals surface area (Å²) in [6, 6.07) is 3.67. The number of nitrogens with two attached hydrogens (primary N) is 1. The SMILES string of the molecule is COc1cc2onc(CCCN)c2cc1OC. The second-order valence-electron chi connectivity index (χ2n) is 3.72. The van der Waals surface area contributed by atoms with Crippen molar-refractivity contribution in [3.8, 4) is 11.5 Å². The predicted octanol–water partition coefficient (Wildman–Crippen LogP) is 1.74. The minimum absolute atomic E-state index is 0.640. The molecule has 1 aromatic carbocycles. The van der Waals surface area contributed by atoms with Gasteiger partial charge in [-0.1, -0.05) is 5.16 Å². The number of aromatic nitrogens is 1. The number of hydrogen-bond donors (Lipinski definition) is 1. The average molecular weight is 236 g/mol. The van der Waals surface area contributed by atoms with Gasteiger partial charge >= 0.3 is 0 Å². The number of nitrogens with zero attached hydrogens (tertiary/aromatic N) is 1. The molecule has 0 fully saturated rings. The number of methoxy groups -OCH3 is 2. The van der Waals surface area contributed by atoms with Crippen LogP contribution in [-0.2, 0) is 6.42 Å². The summed E-state index contributed by atoms with van der Waals surface area (Å²) >= 11 is 0. The van der Waals surface area contributed by atoms with Crippen LogP contribution in [0.5, 0.6) is 11.5 Å². The highest BCUT2D eigenvalue weighted by Crippen LogP contribution is 2.33. The zero-order valence-electron chi connectivity index (χ0n) is 10.0. The topological polar surface area (TPSA) is 70.5 Å². The summed E-state index contributed by atoms with van der Waals surface area (Å²) in [5, 5.41) is 5.00. The highest BCUT2D eigenvalue weighted by atomic mass is 16.5.